The summed E-state index contributed by atoms with van der Waals surface area (Å²) >= 11 is 4.86. The minimum atomic E-state index is 0.386. The standard InChI is InChI=1S/C9H8BrN5S/c10-6-2-1-4-12-8(6)16-7-3-5-13-9(14-7)15-11/h1-5H,11H2,(H,13,14,15). The molecule has 2 aromatic rings. The first kappa shape index (κ1) is 11.3. The number of hydrogen-bond donors (Lipinski definition) is 2. The van der Waals surface area contributed by atoms with E-state index in [1.165, 1.54) is 11.8 Å². The van der Waals surface area contributed by atoms with Crippen LogP contribution in [0.4, 0.5) is 5.95 Å². The minimum Gasteiger partial charge on any atom is -0.292 e. The monoisotopic (exact) mass is 297 g/mol. The number of hydrogen-bond acceptors (Lipinski definition) is 6. The van der Waals surface area contributed by atoms with Gasteiger partial charge < -0.3 is 0 Å². The highest BCUT2D eigenvalue weighted by Crippen LogP contribution is 2.30. The van der Waals surface area contributed by atoms with Gasteiger partial charge >= 0.3 is 0 Å². The molecule has 2 rings (SSSR count). The third-order valence-corrected chi connectivity index (χ3v) is 3.54. The lowest BCUT2D eigenvalue weighted by Crippen LogP contribution is -2.10. The molecule has 0 radical (unpaired) electrons. The van der Waals surface area contributed by atoms with Crippen molar-refractivity contribution >= 4 is 33.6 Å². The summed E-state index contributed by atoms with van der Waals surface area (Å²) in [5.74, 6) is 5.62. The van der Waals surface area contributed by atoms with Crippen molar-refractivity contribution in [2.45, 2.75) is 10.1 Å². The number of pyridine rings is 1. The van der Waals surface area contributed by atoms with Crippen LogP contribution >= 0.6 is 27.7 Å². The van der Waals surface area contributed by atoms with Crippen molar-refractivity contribution < 1.29 is 0 Å². The zero-order valence-electron chi connectivity index (χ0n) is 8.09. The number of halogens is 1. The summed E-state index contributed by atoms with van der Waals surface area (Å²) < 4.78 is 0.931. The van der Waals surface area contributed by atoms with E-state index in [1.54, 1.807) is 18.5 Å². The summed E-state index contributed by atoms with van der Waals surface area (Å²) in [4.78, 5) is 12.3. The summed E-state index contributed by atoms with van der Waals surface area (Å²) in [5, 5.41) is 1.63. The third kappa shape index (κ3) is 2.69. The fraction of sp³-hybridized carbons (Fsp3) is 0. The van der Waals surface area contributed by atoms with Crippen molar-refractivity contribution in [1.29, 1.82) is 0 Å². The quantitative estimate of drug-likeness (QED) is 0.513. The van der Waals surface area contributed by atoms with E-state index < -0.39 is 0 Å². The fourth-order valence-electron chi connectivity index (χ4n) is 1.01. The number of rotatable bonds is 3. The number of nitrogen functional groups attached to an aromatic ring is 1. The van der Waals surface area contributed by atoms with Crippen LogP contribution in [0.2, 0.25) is 0 Å². The lowest BCUT2D eigenvalue weighted by Gasteiger charge is -2.03. The molecule has 0 spiro atoms. The van der Waals surface area contributed by atoms with Crippen LogP contribution in [0.5, 0.6) is 0 Å². The molecule has 0 atom stereocenters. The molecule has 0 saturated heterocycles. The normalized spacial score (nSPS) is 10.1. The van der Waals surface area contributed by atoms with E-state index in [9.17, 15) is 0 Å². The zero-order valence-corrected chi connectivity index (χ0v) is 10.5. The van der Waals surface area contributed by atoms with E-state index in [-0.39, 0.29) is 0 Å². The van der Waals surface area contributed by atoms with Gasteiger partial charge in [0.05, 0.1) is 4.47 Å². The minimum absolute atomic E-state index is 0.386. The summed E-state index contributed by atoms with van der Waals surface area (Å²) in [7, 11) is 0. The lowest BCUT2D eigenvalue weighted by molar-refractivity contribution is 1.02. The molecule has 0 bridgehead atoms. The zero-order chi connectivity index (χ0) is 11.4. The van der Waals surface area contributed by atoms with Crippen LogP contribution in [0.15, 0.2) is 45.1 Å². The third-order valence-electron chi connectivity index (χ3n) is 1.69. The molecule has 0 amide bonds. The Balaban J connectivity index is 2.24. The van der Waals surface area contributed by atoms with E-state index in [0.29, 0.717) is 5.95 Å². The van der Waals surface area contributed by atoms with Crippen molar-refractivity contribution in [2.24, 2.45) is 5.84 Å². The molecule has 0 fully saturated rings. The number of aromatic nitrogens is 3. The maximum Gasteiger partial charge on any atom is 0.238 e. The Morgan fingerprint density at radius 2 is 2.12 bits per heavy atom. The van der Waals surface area contributed by atoms with Gasteiger partial charge in [-0.1, -0.05) is 0 Å². The first-order valence-corrected chi connectivity index (χ1v) is 5.98. The second-order valence-electron chi connectivity index (χ2n) is 2.76. The van der Waals surface area contributed by atoms with Crippen LogP contribution in [0.3, 0.4) is 0 Å². The molecule has 0 aliphatic carbocycles. The number of nitrogens with two attached hydrogens (primary N) is 1. The summed E-state index contributed by atoms with van der Waals surface area (Å²) in [6, 6.07) is 5.59. The van der Waals surface area contributed by atoms with E-state index in [2.05, 4.69) is 36.3 Å². The Morgan fingerprint density at radius 3 is 2.88 bits per heavy atom. The second-order valence-corrected chi connectivity index (χ2v) is 4.62. The number of hydrazine groups is 1. The van der Waals surface area contributed by atoms with Gasteiger partial charge in [-0.05, 0) is 45.9 Å². The van der Waals surface area contributed by atoms with E-state index in [1.807, 2.05) is 12.1 Å². The van der Waals surface area contributed by atoms with Crippen molar-refractivity contribution in [3.05, 3.63) is 35.1 Å². The summed E-state index contributed by atoms with van der Waals surface area (Å²) in [5.41, 5.74) is 2.40. The van der Waals surface area contributed by atoms with Gasteiger partial charge in [0.15, 0.2) is 0 Å². The Bertz CT molecular complexity index is 493. The summed E-state index contributed by atoms with van der Waals surface area (Å²) in [6.07, 6.45) is 3.37. The molecule has 0 aliphatic heterocycles. The average molecular weight is 298 g/mol. The van der Waals surface area contributed by atoms with Crippen molar-refractivity contribution in [1.82, 2.24) is 15.0 Å². The van der Waals surface area contributed by atoms with Gasteiger partial charge in [0.1, 0.15) is 10.1 Å². The molecule has 2 aromatic heterocycles. The molecule has 2 heterocycles. The Morgan fingerprint density at radius 1 is 1.25 bits per heavy atom. The van der Waals surface area contributed by atoms with E-state index in [4.69, 9.17) is 5.84 Å². The summed E-state index contributed by atoms with van der Waals surface area (Å²) in [6.45, 7) is 0. The van der Waals surface area contributed by atoms with E-state index in [0.717, 1.165) is 14.5 Å². The molecule has 0 unspecified atom stereocenters. The molecule has 0 saturated carbocycles. The second kappa shape index (κ2) is 5.24. The van der Waals surface area contributed by atoms with Crippen LogP contribution in [0, 0.1) is 0 Å². The molecule has 16 heavy (non-hydrogen) atoms. The molecule has 82 valence electrons. The Hall–Kier alpha value is -1.18. The first-order valence-electron chi connectivity index (χ1n) is 4.37. The predicted octanol–water partition coefficient (Wildman–Crippen LogP) is 2.07. The molecule has 0 aromatic carbocycles. The molecule has 5 nitrogen and oxygen atoms in total. The average Bonchev–Trinajstić information content (AvgIpc) is 2.32. The Kier molecular flexibility index (Phi) is 3.70. The highest BCUT2D eigenvalue weighted by atomic mass is 79.9. The highest BCUT2D eigenvalue weighted by molar-refractivity contribution is 9.10. The van der Waals surface area contributed by atoms with Crippen LogP contribution in [-0.2, 0) is 0 Å². The number of anilines is 1. The molecule has 7 heteroatoms. The number of nitrogens with one attached hydrogen (secondary N) is 1. The maximum absolute atomic E-state index is 5.23. The Labute approximate surface area is 105 Å². The smallest absolute Gasteiger partial charge is 0.238 e. The van der Waals surface area contributed by atoms with Gasteiger partial charge in [-0.25, -0.2) is 20.8 Å². The molecule has 0 aliphatic rings. The lowest BCUT2D eigenvalue weighted by atomic mass is 10.5. The highest BCUT2D eigenvalue weighted by Gasteiger charge is 2.05. The maximum atomic E-state index is 5.23. The SMILES string of the molecule is NNc1nccc(Sc2ncccc2Br)n1. The molecule has 3 N–H and O–H groups in total. The van der Waals surface area contributed by atoms with Gasteiger partial charge in [0, 0.05) is 12.4 Å². The molecular formula is C9H8BrN5S. The van der Waals surface area contributed by atoms with Crippen molar-refractivity contribution in [3.8, 4) is 0 Å². The van der Waals surface area contributed by atoms with Crippen molar-refractivity contribution in [3.63, 3.8) is 0 Å². The van der Waals surface area contributed by atoms with Gasteiger partial charge in [-0.3, -0.25) is 5.43 Å². The van der Waals surface area contributed by atoms with Crippen LogP contribution in [0.25, 0.3) is 0 Å². The van der Waals surface area contributed by atoms with Gasteiger partial charge in [0.25, 0.3) is 0 Å². The van der Waals surface area contributed by atoms with Gasteiger partial charge in [0.2, 0.25) is 5.95 Å². The fourth-order valence-corrected chi connectivity index (χ4v) is 2.25. The van der Waals surface area contributed by atoms with Crippen LogP contribution in [0.1, 0.15) is 0 Å². The topological polar surface area (TPSA) is 76.7 Å². The van der Waals surface area contributed by atoms with Gasteiger partial charge in [-0.15, -0.1) is 0 Å². The first-order chi connectivity index (χ1) is 7.79. The molecular weight excluding hydrogens is 290 g/mol. The largest absolute Gasteiger partial charge is 0.292 e. The van der Waals surface area contributed by atoms with Crippen LogP contribution in [-0.4, -0.2) is 15.0 Å². The predicted molar refractivity (Wildman–Crippen MR) is 65.9 cm³/mol. The van der Waals surface area contributed by atoms with E-state index >= 15 is 0 Å². The van der Waals surface area contributed by atoms with Crippen molar-refractivity contribution in [2.75, 3.05) is 5.43 Å². The van der Waals surface area contributed by atoms with Crippen LogP contribution < -0.4 is 11.3 Å². The van der Waals surface area contributed by atoms with Gasteiger partial charge in [-0.2, -0.15) is 0 Å². The number of nitrogens with zero attached hydrogens (tertiary/aromatic N) is 3.